The number of benzene rings is 4. The zero-order valence-corrected chi connectivity index (χ0v) is 25.1. The second-order valence-electron chi connectivity index (χ2n) is 8.13. The summed E-state index contributed by atoms with van der Waals surface area (Å²) in [5.74, 6) is 0. The van der Waals surface area contributed by atoms with Gasteiger partial charge in [0.15, 0.2) is 0 Å². The topological polar surface area (TPSA) is 0 Å². The van der Waals surface area contributed by atoms with E-state index in [2.05, 4.69) is 91.0 Å². The summed E-state index contributed by atoms with van der Waals surface area (Å²) in [5, 5.41) is 8.90. The minimum atomic E-state index is 0. The Hall–Kier alpha value is -1.64. The molecule has 0 unspecified atom stereocenters. The maximum Gasteiger partial charge on any atom is 4.00 e. The Morgan fingerprint density at radius 2 is 1.25 bits per heavy atom. The van der Waals surface area contributed by atoms with Gasteiger partial charge in [0.25, 0.3) is 0 Å². The van der Waals surface area contributed by atoms with E-state index in [0.717, 1.165) is 20.8 Å². The molecule has 0 aliphatic carbocycles. The molecule has 7 rings (SSSR count). The summed E-state index contributed by atoms with van der Waals surface area (Å²) in [5.41, 5.74) is 2.46. The number of hydrogen-bond donors (Lipinski definition) is 0. The second kappa shape index (κ2) is 12.3. The van der Waals surface area contributed by atoms with Gasteiger partial charge < -0.3 is 24.8 Å². The second-order valence-corrected chi connectivity index (χ2v) is 10.1. The Bertz CT molecular complexity index is 1750. The zero-order valence-electron chi connectivity index (χ0n) is 18.8. The van der Waals surface area contributed by atoms with Crippen molar-refractivity contribution in [1.29, 1.82) is 0 Å². The Morgan fingerprint density at radius 3 is 2.03 bits per heavy atom. The van der Waals surface area contributed by atoms with Gasteiger partial charge in [-0.3, -0.25) is 0 Å². The molecule has 6 aromatic carbocycles. The van der Waals surface area contributed by atoms with Crippen molar-refractivity contribution in [3.8, 4) is 11.1 Å². The van der Waals surface area contributed by atoms with E-state index in [4.69, 9.17) is 23.2 Å². The number of hydrogen-bond acceptors (Lipinski definition) is 1. The van der Waals surface area contributed by atoms with Gasteiger partial charge in [0.2, 0.25) is 0 Å². The summed E-state index contributed by atoms with van der Waals surface area (Å²) in [6.45, 7) is 0. The molecule has 1 heterocycles. The fraction of sp³-hybridized carbons (Fsp3) is 0. The van der Waals surface area contributed by atoms with Crippen LogP contribution < -0.4 is 24.8 Å². The molecule has 1 aromatic heterocycles. The Morgan fingerprint density at radius 1 is 0.556 bits per heavy atom. The number of rotatable bonds is 1. The van der Waals surface area contributed by atoms with Crippen LogP contribution in [0.2, 0.25) is 10.0 Å². The third kappa shape index (κ3) is 5.76. The molecule has 176 valence electrons. The number of halogens is 4. The first kappa shape index (κ1) is 28.9. The molecule has 0 aliphatic rings. The maximum atomic E-state index is 6.32. The molecule has 6 heteroatoms. The molecule has 5 bridgehead atoms. The van der Waals surface area contributed by atoms with Crippen LogP contribution in [-0.2, 0) is 26.2 Å². The molecule has 0 radical (unpaired) electrons. The molecule has 0 fully saturated rings. The van der Waals surface area contributed by atoms with Crippen LogP contribution in [0.1, 0.15) is 0 Å². The summed E-state index contributed by atoms with van der Waals surface area (Å²) >= 11 is 14.2. The molecule has 0 N–H and O–H groups in total. The number of fused-ring (bicyclic) bond motifs is 6. The molecule has 0 aliphatic heterocycles. The third-order valence-corrected chi connectivity index (χ3v) is 7.56. The maximum absolute atomic E-state index is 6.32. The first-order valence-electron chi connectivity index (χ1n) is 10.7. The van der Waals surface area contributed by atoms with Crippen molar-refractivity contribution in [1.82, 2.24) is 0 Å². The van der Waals surface area contributed by atoms with Gasteiger partial charge in [-0.2, -0.15) is 0 Å². The monoisotopic (exact) mass is 640 g/mol. The molecule has 7 aromatic rings. The SMILES string of the molecule is Clc1cc2cc3cc([cH-]c13)c1cccc(c1)s2.Clc1cccc2cc(-c3ccccc3)[cH-]c12.[Cl-].[Cl-].[Zr+4]. The average molecular weight is 644 g/mol. The van der Waals surface area contributed by atoms with Crippen molar-refractivity contribution in [2.24, 2.45) is 0 Å². The minimum absolute atomic E-state index is 0. The van der Waals surface area contributed by atoms with Gasteiger partial charge in [0, 0.05) is 9.40 Å². The largest absolute Gasteiger partial charge is 4.00 e. The van der Waals surface area contributed by atoms with E-state index in [1.807, 2.05) is 18.2 Å². The molecule has 0 atom stereocenters. The molecular weight excluding hydrogens is 625 g/mol. The predicted molar refractivity (Wildman–Crippen MR) is 147 cm³/mol. The van der Waals surface area contributed by atoms with Crippen molar-refractivity contribution in [2.75, 3.05) is 0 Å². The molecule has 0 spiro atoms. The van der Waals surface area contributed by atoms with Crippen LogP contribution in [0.5, 0.6) is 0 Å². The fourth-order valence-corrected chi connectivity index (χ4v) is 5.89. The van der Waals surface area contributed by atoms with Crippen molar-refractivity contribution in [3.05, 3.63) is 119 Å². The smallest absolute Gasteiger partial charge is 1.00 e. The van der Waals surface area contributed by atoms with E-state index in [9.17, 15) is 0 Å². The van der Waals surface area contributed by atoms with Gasteiger partial charge in [-0.05, 0) is 16.1 Å². The zero-order chi connectivity index (χ0) is 22.4. The summed E-state index contributed by atoms with van der Waals surface area (Å²) in [7, 11) is 0. The molecule has 0 saturated heterocycles. The van der Waals surface area contributed by atoms with Crippen molar-refractivity contribution in [3.63, 3.8) is 0 Å². The van der Waals surface area contributed by atoms with E-state index in [0.29, 0.717) is 0 Å². The fourth-order valence-electron chi connectivity index (χ4n) is 4.34. The van der Waals surface area contributed by atoms with Crippen molar-refractivity contribution in [2.45, 2.75) is 0 Å². The predicted octanol–water partition coefficient (Wildman–Crippen LogP) is 4.46. The van der Waals surface area contributed by atoms with Crippen molar-refractivity contribution < 1.29 is 51.0 Å². The minimum Gasteiger partial charge on any atom is -1.00 e. The van der Waals surface area contributed by atoms with Crippen LogP contribution in [0.4, 0.5) is 0 Å². The van der Waals surface area contributed by atoms with Crippen LogP contribution in [-0.4, -0.2) is 0 Å². The van der Waals surface area contributed by atoms with Gasteiger partial charge in [0.1, 0.15) is 0 Å². The summed E-state index contributed by atoms with van der Waals surface area (Å²) in [6.07, 6.45) is 0. The van der Waals surface area contributed by atoms with Crippen LogP contribution in [0.25, 0.3) is 52.8 Å². The molecule has 0 saturated carbocycles. The van der Waals surface area contributed by atoms with Gasteiger partial charge in [-0.15, -0.1) is 91.3 Å². The molecule has 0 nitrogen and oxygen atoms in total. The van der Waals surface area contributed by atoms with Crippen molar-refractivity contribution >= 4 is 76.3 Å². The van der Waals surface area contributed by atoms with Crippen LogP contribution in [0.15, 0.2) is 109 Å². The molecule has 0 amide bonds. The molecular formula is C30H18Cl4SZr. The van der Waals surface area contributed by atoms with E-state index in [1.165, 1.54) is 42.1 Å². The Balaban J connectivity index is 0.000000185. The standard InChI is InChI=1S/C15H8ClS.C15H10Cl.2ClH.Zr/c16-15-8-13-6-11-4-10(7-14(11)15)9-2-1-3-12(5-9)17-13;16-15-8-4-7-12-9-13(10-14(12)15)11-5-2-1-3-6-11;;;/h1-8H;1-10H;2*1H;/q2*-1;;;+4/p-2. The van der Waals surface area contributed by atoms with Crippen LogP contribution in [0.3, 0.4) is 0 Å². The van der Waals surface area contributed by atoms with E-state index in [1.54, 1.807) is 11.3 Å². The van der Waals surface area contributed by atoms with E-state index < -0.39 is 0 Å². The van der Waals surface area contributed by atoms with Gasteiger partial charge >= 0.3 is 26.2 Å². The van der Waals surface area contributed by atoms with Gasteiger partial charge in [-0.1, -0.05) is 89.8 Å². The van der Waals surface area contributed by atoms with E-state index in [-0.39, 0.29) is 51.0 Å². The Labute approximate surface area is 255 Å². The van der Waals surface area contributed by atoms with Gasteiger partial charge in [0.05, 0.1) is 0 Å². The third-order valence-electron chi connectivity index (χ3n) is 5.95. The normalized spacial score (nSPS) is 10.4. The van der Waals surface area contributed by atoms with E-state index >= 15 is 0 Å². The summed E-state index contributed by atoms with van der Waals surface area (Å²) < 4.78 is 2.47. The van der Waals surface area contributed by atoms with Gasteiger partial charge in [-0.25, -0.2) is 0 Å². The quantitative estimate of drug-likeness (QED) is 0.232. The van der Waals surface area contributed by atoms with Crippen LogP contribution >= 0.6 is 34.5 Å². The Kier molecular flexibility index (Phi) is 9.86. The first-order chi connectivity index (χ1) is 16.1. The molecule has 36 heavy (non-hydrogen) atoms. The van der Waals surface area contributed by atoms with Crippen LogP contribution in [0, 0.1) is 0 Å². The summed E-state index contributed by atoms with van der Waals surface area (Å²) in [6, 6.07) is 38.0. The average Bonchev–Trinajstić information content (AvgIpc) is 3.46. The first-order valence-corrected chi connectivity index (χ1v) is 12.3. The summed E-state index contributed by atoms with van der Waals surface area (Å²) in [4.78, 5) is 0.